The van der Waals surface area contributed by atoms with Crippen LogP contribution in [0.5, 0.6) is 0 Å². The Morgan fingerprint density at radius 3 is 0.800 bits per heavy atom. The molecule has 3 unspecified atom stereocenters. The van der Waals surface area contributed by atoms with Gasteiger partial charge < -0.3 is 15.3 Å². The fourth-order valence-corrected chi connectivity index (χ4v) is 3.66. The van der Waals surface area contributed by atoms with Gasteiger partial charge in [-0.25, -0.2) is 0 Å². The Hall–Kier alpha value is -3.24. The van der Waals surface area contributed by atoms with Crippen LogP contribution in [0, 0.1) is 0 Å². The van der Waals surface area contributed by atoms with Crippen LogP contribution in [0.15, 0.2) is 109 Å². The van der Waals surface area contributed by atoms with Gasteiger partial charge in [-0.1, -0.05) is 91.0 Å². The third-order valence-corrected chi connectivity index (χ3v) is 5.29. The quantitative estimate of drug-likeness (QED) is 0.433. The lowest BCUT2D eigenvalue weighted by atomic mass is 9.90. The third-order valence-electron chi connectivity index (χ3n) is 5.29. The summed E-state index contributed by atoms with van der Waals surface area (Å²) in [6.45, 7) is 0. The minimum Gasteiger partial charge on any atom is -0.384 e. The van der Waals surface area contributed by atoms with E-state index in [0.29, 0.717) is 16.7 Å². The minimum absolute atomic E-state index is 0.624. The van der Waals surface area contributed by atoms with Gasteiger partial charge in [-0.05, 0) is 51.6 Å². The topological polar surface area (TPSA) is 60.7 Å². The van der Waals surface area contributed by atoms with Crippen molar-refractivity contribution < 1.29 is 15.3 Å². The molecular formula is C27H24O3. The lowest BCUT2D eigenvalue weighted by molar-refractivity contribution is 0.207. The summed E-state index contributed by atoms with van der Waals surface area (Å²) in [6, 6.07) is 33.5. The molecule has 0 aliphatic carbocycles. The van der Waals surface area contributed by atoms with Crippen molar-refractivity contribution in [2.75, 3.05) is 0 Å². The van der Waals surface area contributed by atoms with Gasteiger partial charge in [0.2, 0.25) is 0 Å². The molecule has 0 spiro atoms. The molecule has 0 heterocycles. The number of rotatable bonds is 6. The monoisotopic (exact) mass is 396 g/mol. The van der Waals surface area contributed by atoms with Crippen LogP contribution >= 0.6 is 0 Å². The second kappa shape index (κ2) is 9.06. The summed E-state index contributed by atoms with van der Waals surface area (Å²) in [7, 11) is 0. The van der Waals surface area contributed by atoms with Crippen LogP contribution < -0.4 is 0 Å². The van der Waals surface area contributed by atoms with Gasteiger partial charge in [0.1, 0.15) is 18.3 Å². The maximum absolute atomic E-state index is 11.0. The summed E-state index contributed by atoms with van der Waals surface area (Å²) in [4.78, 5) is 0. The van der Waals surface area contributed by atoms with Crippen molar-refractivity contribution in [2.24, 2.45) is 0 Å². The maximum atomic E-state index is 11.0. The van der Waals surface area contributed by atoms with E-state index in [2.05, 4.69) is 0 Å². The van der Waals surface area contributed by atoms with Crippen LogP contribution in [-0.2, 0) is 0 Å². The Morgan fingerprint density at radius 2 is 0.567 bits per heavy atom. The van der Waals surface area contributed by atoms with Crippen LogP contribution in [0.1, 0.15) is 51.7 Å². The van der Waals surface area contributed by atoms with Crippen molar-refractivity contribution in [3.63, 3.8) is 0 Å². The fourth-order valence-electron chi connectivity index (χ4n) is 3.66. The van der Waals surface area contributed by atoms with E-state index in [9.17, 15) is 15.3 Å². The molecule has 0 bridgehead atoms. The fraction of sp³-hybridized carbons (Fsp3) is 0.111. The average molecular weight is 396 g/mol. The van der Waals surface area contributed by atoms with Gasteiger partial charge in [-0.2, -0.15) is 0 Å². The van der Waals surface area contributed by atoms with Crippen LogP contribution in [-0.4, -0.2) is 15.3 Å². The van der Waals surface area contributed by atoms with E-state index in [1.165, 1.54) is 0 Å². The molecule has 0 aliphatic heterocycles. The van der Waals surface area contributed by atoms with Crippen molar-refractivity contribution >= 4 is 0 Å². The zero-order chi connectivity index (χ0) is 20.9. The number of benzene rings is 4. The van der Waals surface area contributed by atoms with Crippen LogP contribution in [0.3, 0.4) is 0 Å². The summed E-state index contributed by atoms with van der Waals surface area (Å²) in [5.41, 5.74) is 4.13. The summed E-state index contributed by atoms with van der Waals surface area (Å²) >= 11 is 0. The van der Waals surface area contributed by atoms with Gasteiger partial charge in [0.05, 0.1) is 0 Å². The van der Waals surface area contributed by atoms with Crippen molar-refractivity contribution in [3.8, 4) is 0 Å². The average Bonchev–Trinajstić information content (AvgIpc) is 2.84. The summed E-state index contributed by atoms with van der Waals surface area (Å²) in [5, 5.41) is 32.9. The first-order valence-electron chi connectivity index (χ1n) is 9.97. The molecule has 0 radical (unpaired) electrons. The van der Waals surface area contributed by atoms with Gasteiger partial charge >= 0.3 is 0 Å². The highest BCUT2D eigenvalue weighted by Gasteiger charge is 2.20. The standard InChI is InChI=1S/C27H24O3/c28-25(19-10-4-1-5-11-19)22-16-23(26(29)20-12-6-2-7-13-20)18-24(17-22)27(30)21-14-8-3-9-15-21/h1-18,25-30H. The Morgan fingerprint density at radius 1 is 0.333 bits per heavy atom. The predicted octanol–water partition coefficient (Wildman–Crippen LogP) is 4.93. The van der Waals surface area contributed by atoms with E-state index in [1.54, 1.807) is 18.2 Å². The van der Waals surface area contributed by atoms with Crippen molar-refractivity contribution in [1.82, 2.24) is 0 Å². The van der Waals surface area contributed by atoms with E-state index in [0.717, 1.165) is 16.7 Å². The second-order valence-corrected chi connectivity index (χ2v) is 7.37. The molecule has 0 amide bonds. The van der Waals surface area contributed by atoms with E-state index in [4.69, 9.17) is 0 Å². The summed E-state index contributed by atoms with van der Waals surface area (Å²) in [5.74, 6) is 0. The number of aliphatic hydroxyl groups excluding tert-OH is 3. The lowest BCUT2D eigenvalue weighted by Crippen LogP contribution is -2.08. The zero-order valence-corrected chi connectivity index (χ0v) is 16.5. The molecule has 4 rings (SSSR count). The predicted molar refractivity (Wildman–Crippen MR) is 118 cm³/mol. The molecule has 4 aromatic carbocycles. The van der Waals surface area contributed by atoms with Gasteiger partial charge in [0.15, 0.2) is 0 Å². The first-order valence-corrected chi connectivity index (χ1v) is 9.97. The van der Waals surface area contributed by atoms with E-state index in [1.807, 2.05) is 91.0 Å². The Balaban J connectivity index is 1.79. The lowest BCUT2D eigenvalue weighted by Gasteiger charge is -2.20. The van der Waals surface area contributed by atoms with E-state index < -0.39 is 18.3 Å². The molecule has 0 aromatic heterocycles. The molecule has 0 saturated heterocycles. The van der Waals surface area contributed by atoms with Gasteiger partial charge in [-0.3, -0.25) is 0 Å². The van der Waals surface area contributed by atoms with Crippen LogP contribution in [0.2, 0.25) is 0 Å². The van der Waals surface area contributed by atoms with E-state index >= 15 is 0 Å². The molecule has 0 saturated carbocycles. The Labute approximate surface area is 176 Å². The smallest absolute Gasteiger partial charge is 0.104 e. The largest absolute Gasteiger partial charge is 0.384 e. The molecule has 0 fully saturated rings. The van der Waals surface area contributed by atoms with E-state index in [-0.39, 0.29) is 0 Å². The van der Waals surface area contributed by atoms with Crippen molar-refractivity contribution in [2.45, 2.75) is 18.3 Å². The Bertz CT molecular complexity index is 925. The maximum Gasteiger partial charge on any atom is 0.104 e. The molecule has 150 valence electrons. The van der Waals surface area contributed by atoms with Crippen molar-refractivity contribution in [3.05, 3.63) is 143 Å². The SMILES string of the molecule is OC(c1ccccc1)c1cc(C(O)c2ccccc2)cc(C(O)c2ccccc2)c1. The molecule has 0 aliphatic rings. The van der Waals surface area contributed by atoms with Gasteiger partial charge in [0.25, 0.3) is 0 Å². The summed E-state index contributed by atoms with van der Waals surface area (Å²) in [6.07, 6.45) is -2.59. The molecule has 3 nitrogen and oxygen atoms in total. The number of hydrogen-bond donors (Lipinski definition) is 3. The normalized spacial score (nSPS) is 14.1. The van der Waals surface area contributed by atoms with Gasteiger partial charge in [0, 0.05) is 0 Å². The minimum atomic E-state index is -0.865. The van der Waals surface area contributed by atoms with Crippen molar-refractivity contribution in [1.29, 1.82) is 0 Å². The molecular weight excluding hydrogens is 372 g/mol. The molecule has 3 N–H and O–H groups in total. The molecule has 3 heteroatoms. The third kappa shape index (κ3) is 4.34. The zero-order valence-electron chi connectivity index (χ0n) is 16.5. The van der Waals surface area contributed by atoms with Crippen LogP contribution in [0.25, 0.3) is 0 Å². The number of hydrogen-bond acceptors (Lipinski definition) is 3. The first kappa shape index (κ1) is 20.0. The van der Waals surface area contributed by atoms with Crippen LogP contribution in [0.4, 0.5) is 0 Å². The number of aliphatic hydroxyl groups is 3. The highest BCUT2D eigenvalue weighted by Crippen LogP contribution is 2.32. The highest BCUT2D eigenvalue weighted by molar-refractivity contribution is 5.42. The summed E-state index contributed by atoms with van der Waals surface area (Å²) < 4.78 is 0. The first-order chi connectivity index (χ1) is 14.6. The molecule has 4 aromatic rings. The molecule has 30 heavy (non-hydrogen) atoms. The van der Waals surface area contributed by atoms with Gasteiger partial charge in [-0.15, -0.1) is 0 Å². The second-order valence-electron chi connectivity index (χ2n) is 7.37. The Kier molecular flexibility index (Phi) is 6.05. The highest BCUT2D eigenvalue weighted by atomic mass is 16.3. The molecule has 3 atom stereocenters.